The van der Waals surface area contributed by atoms with E-state index < -0.39 is 6.36 Å². The van der Waals surface area contributed by atoms with Crippen LogP contribution in [0.1, 0.15) is 22.3 Å². The third-order valence-electron chi connectivity index (χ3n) is 5.90. The molecule has 12 heteroatoms. The highest BCUT2D eigenvalue weighted by Crippen LogP contribution is 2.33. The molecule has 3 aromatic carbocycles. The number of ether oxygens (including phenoxy) is 2. The number of aromatic hydroxyl groups is 1. The number of hydrogen-bond donors (Lipinski definition) is 2. The predicted molar refractivity (Wildman–Crippen MR) is 138 cm³/mol. The highest BCUT2D eigenvalue weighted by atomic mass is 32.1. The van der Waals surface area contributed by atoms with Crippen LogP contribution in [0.3, 0.4) is 0 Å². The number of Topliss-reactive ketones (excluding diaryl/α,β-unsaturated/α-hetero) is 1. The first-order chi connectivity index (χ1) is 18.1. The summed E-state index contributed by atoms with van der Waals surface area (Å²) in [7, 11) is 3.27. The lowest BCUT2D eigenvalue weighted by molar-refractivity contribution is -0.274. The summed E-state index contributed by atoms with van der Waals surface area (Å²) in [5, 5.41) is 13.5. The molecular formula is C26H21F3N4O4S. The summed E-state index contributed by atoms with van der Waals surface area (Å²) in [6, 6.07) is 14.3. The number of phenols is 1. The molecule has 8 nitrogen and oxygen atoms in total. The van der Waals surface area contributed by atoms with Crippen molar-refractivity contribution < 1.29 is 32.5 Å². The second kappa shape index (κ2) is 9.86. The van der Waals surface area contributed by atoms with Crippen LogP contribution in [0.15, 0.2) is 54.6 Å². The Labute approximate surface area is 218 Å². The number of nitrogens with one attached hydrogen (secondary N) is 1. The largest absolute Gasteiger partial charge is 0.573 e. The topological polar surface area (TPSA) is 98.5 Å². The number of benzene rings is 3. The van der Waals surface area contributed by atoms with Crippen LogP contribution in [0.2, 0.25) is 0 Å². The Morgan fingerprint density at radius 2 is 1.89 bits per heavy atom. The minimum Gasteiger partial charge on any atom is -0.504 e. The average Bonchev–Trinajstić information content (AvgIpc) is 3.40. The first kappa shape index (κ1) is 25.3. The summed E-state index contributed by atoms with van der Waals surface area (Å²) in [5.74, 6) is 0.477. The Morgan fingerprint density at radius 3 is 2.63 bits per heavy atom. The predicted octanol–water partition coefficient (Wildman–Crippen LogP) is 6.35. The number of carbonyl (C=O) groups excluding carboxylic acids is 1. The molecule has 0 saturated carbocycles. The lowest BCUT2D eigenvalue weighted by atomic mass is 10.0. The number of ketones is 1. The number of methoxy groups -OCH3 is 1. The number of hydrogen-bond acceptors (Lipinski definition) is 8. The van der Waals surface area contributed by atoms with Crippen molar-refractivity contribution >= 4 is 49.4 Å². The molecule has 0 aliphatic heterocycles. The molecule has 0 aliphatic rings. The zero-order chi connectivity index (χ0) is 27.0. The zero-order valence-corrected chi connectivity index (χ0v) is 21.0. The molecule has 0 atom stereocenters. The van der Waals surface area contributed by atoms with E-state index in [1.807, 2.05) is 0 Å². The maximum Gasteiger partial charge on any atom is 0.573 e. The first-order valence-corrected chi connectivity index (χ1v) is 12.2. The van der Waals surface area contributed by atoms with E-state index in [0.717, 1.165) is 22.4 Å². The van der Waals surface area contributed by atoms with E-state index in [0.29, 0.717) is 44.5 Å². The molecule has 0 spiro atoms. The van der Waals surface area contributed by atoms with Gasteiger partial charge in [0.05, 0.1) is 28.4 Å². The number of rotatable bonds is 8. The fraction of sp³-hybridized carbons (Fsp3) is 0.192. The van der Waals surface area contributed by atoms with Crippen LogP contribution in [-0.4, -0.2) is 38.9 Å². The van der Waals surface area contributed by atoms with Crippen LogP contribution in [0, 0.1) is 0 Å². The van der Waals surface area contributed by atoms with Crippen LogP contribution in [0.4, 0.5) is 24.3 Å². The van der Waals surface area contributed by atoms with Gasteiger partial charge in [0.15, 0.2) is 22.4 Å². The number of thiazole rings is 1. The van der Waals surface area contributed by atoms with Crippen LogP contribution in [0.25, 0.3) is 21.3 Å². The van der Waals surface area contributed by atoms with Crippen molar-refractivity contribution in [1.82, 2.24) is 14.5 Å². The number of phenolic OH excluding ortho intramolecular Hbond substituents is 1. The van der Waals surface area contributed by atoms with Crippen molar-refractivity contribution in [3.63, 3.8) is 0 Å². The molecule has 196 valence electrons. The lowest BCUT2D eigenvalue weighted by Gasteiger charge is -2.07. The number of carbonyl (C=O) groups is 1. The van der Waals surface area contributed by atoms with Gasteiger partial charge in [-0.2, -0.15) is 0 Å². The van der Waals surface area contributed by atoms with E-state index in [9.17, 15) is 23.1 Å². The average molecular weight is 543 g/mol. The number of aryl methyl sites for hydroxylation is 2. The second-order valence-corrected chi connectivity index (χ2v) is 9.48. The number of nitrogens with zero attached hydrogens (tertiary/aromatic N) is 3. The Balaban J connectivity index is 1.31. The van der Waals surface area contributed by atoms with E-state index in [4.69, 9.17) is 4.74 Å². The molecule has 0 fully saturated rings. The maximum atomic E-state index is 12.8. The molecule has 0 aliphatic carbocycles. The molecule has 5 aromatic rings. The van der Waals surface area contributed by atoms with Crippen molar-refractivity contribution in [1.29, 1.82) is 0 Å². The number of fused-ring (bicyclic) bond motifs is 2. The normalized spacial score (nSPS) is 11.7. The summed E-state index contributed by atoms with van der Waals surface area (Å²) in [6.45, 7) is 0. The summed E-state index contributed by atoms with van der Waals surface area (Å²) >= 11 is 1.16. The van der Waals surface area contributed by atoms with Crippen LogP contribution < -0.4 is 14.8 Å². The van der Waals surface area contributed by atoms with Crippen molar-refractivity contribution in [2.75, 3.05) is 12.4 Å². The summed E-state index contributed by atoms with van der Waals surface area (Å²) < 4.78 is 48.9. The Bertz CT molecular complexity index is 1660. The van der Waals surface area contributed by atoms with Gasteiger partial charge in [-0.05, 0) is 54.4 Å². The molecule has 38 heavy (non-hydrogen) atoms. The zero-order valence-electron chi connectivity index (χ0n) is 20.2. The standard InChI is InChI=1S/C26H21F3N4O4S/c1-33-19-8-5-15(20(34)9-3-14-4-10-22(36-2)21(35)11-14)12-18(19)30-24(33)32-25-31-17-7-6-16(13-23(17)38-25)37-26(27,28)29/h4-8,10-13,35H,3,9H2,1-2H3,(H,30,31,32). The second-order valence-electron chi connectivity index (χ2n) is 8.45. The van der Waals surface area contributed by atoms with Gasteiger partial charge >= 0.3 is 6.36 Å². The smallest absolute Gasteiger partial charge is 0.504 e. The van der Waals surface area contributed by atoms with Crippen molar-refractivity contribution in [2.24, 2.45) is 7.05 Å². The van der Waals surface area contributed by atoms with E-state index in [1.165, 1.54) is 25.3 Å². The number of imidazole rings is 1. The van der Waals surface area contributed by atoms with Gasteiger partial charge in [-0.3, -0.25) is 4.79 Å². The van der Waals surface area contributed by atoms with Gasteiger partial charge in [-0.15, -0.1) is 13.2 Å². The van der Waals surface area contributed by atoms with E-state index >= 15 is 0 Å². The van der Waals surface area contributed by atoms with Gasteiger partial charge in [0, 0.05) is 25.1 Å². The first-order valence-electron chi connectivity index (χ1n) is 11.4. The highest BCUT2D eigenvalue weighted by Gasteiger charge is 2.31. The SMILES string of the molecule is COc1ccc(CCC(=O)c2ccc3c(c2)nc(Nc2nc4ccc(OC(F)(F)F)cc4s2)n3C)cc1O. The third-order valence-corrected chi connectivity index (χ3v) is 6.83. The van der Waals surface area contributed by atoms with E-state index in [2.05, 4.69) is 20.0 Å². The number of aromatic nitrogens is 3. The van der Waals surface area contributed by atoms with E-state index in [-0.39, 0.29) is 23.7 Å². The van der Waals surface area contributed by atoms with Gasteiger partial charge in [0.1, 0.15) is 5.75 Å². The Kier molecular flexibility index (Phi) is 6.57. The minimum atomic E-state index is -4.77. The van der Waals surface area contributed by atoms with Gasteiger partial charge in [-0.1, -0.05) is 17.4 Å². The molecule has 2 heterocycles. The van der Waals surface area contributed by atoms with Crippen LogP contribution >= 0.6 is 11.3 Å². The minimum absolute atomic E-state index is 0.0237. The van der Waals surface area contributed by atoms with Gasteiger partial charge in [-0.25, -0.2) is 9.97 Å². The number of alkyl halides is 3. The molecule has 0 radical (unpaired) electrons. The van der Waals surface area contributed by atoms with Crippen LogP contribution in [-0.2, 0) is 13.5 Å². The van der Waals surface area contributed by atoms with Gasteiger partial charge in [0.2, 0.25) is 5.95 Å². The highest BCUT2D eigenvalue weighted by molar-refractivity contribution is 7.22. The Morgan fingerprint density at radius 1 is 1.08 bits per heavy atom. The summed E-state index contributed by atoms with van der Waals surface area (Å²) in [5.41, 5.74) is 3.23. The lowest BCUT2D eigenvalue weighted by Crippen LogP contribution is -2.16. The van der Waals surface area contributed by atoms with Crippen molar-refractivity contribution in [3.8, 4) is 17.2 Å². The number of anilines is 2. The fourth-order valence-electron chi connectivity index (χ4n) is 4.03. The number of halogens is 3. The third kappa shape index (κ3) is 5.35. The Hall–Kier alpha value is -4.32. The van der Waals surface area contributed by atoms with Crippen molar-refractivity contribution in [3.05, 3.63) is 65.7 Å². The van der Waals surface area contributed by atoms with Gasteiger partial charge < -0.3 is 24.5 Å². The molecule has 0 saturated heterocycles. The van der Waals surface area contributed by atoms with Crippen molar-refractivity contribution in [2.45, 2.75) is 19.2 Å². The maximum absolute atomic E-state index is 12.8. The van der Waals surface area contributed by atoms with E-state index in [1.54, 1.807) is 48.0 Å². The quantitative estimate of drug-likeness (QED) is 0.220. The van der Waals surface area contributed by atoms with Gasteiger partial charge in [0.25, 0.3) is 0 Å². The molecule has 2 aromatic heterocycles. The molecular weight excluding hydrogens is 521 g/mol. The molecule has 5 rings (SSSR count). The molecule has 0 bridgehead atoms. The molecule has 0 unspecified atom stereocenters. The summed E-state index contributed by atoms with van der Waals surface area (Å²) in [4.78, 5) is 21.8. The molecule has 2 N–H and O–H groups in total. The fourth-order valence-corrected chi connectivity index (χ4v) is 4.92. The van der Waals surface area contributed by atoms with Crippen LogP contribution in [0.5, 0.6) is 17.2 Å². The monoisotopic (exact) mass is 542 g/mol. The molecule has 0 amide bonds. The summed E-state index contributed by atoms with van der Waals surface area (Å²) in [6.07, 6.45) is -4.07.